The van der Waals surface area contributed by atoms with Gasteiger partial charge in [0, 0.05) is 37.1 Å². The second-order valence-corrected chi connectivity index (χ2v) is 6.87. The van der Waals surface area contributed by atoms with Gasteiger partial charge in [0.1, 0.15) is 5.75 Å². The lowest BCUT2D eigenvalue weighted by Gasteiger charge is -2.22. The molecule has 0 aliphatic carbocycles. The fraction of sp³-hybridized carbons (Fsp3) is 0.389. The third-order valence-corrected chi connectivity index (χ3v) is 5.07. The zero-order valence-corrected chi connectivity index (χ0v) is 16.0. The fourth-order valence-electron chi connectivity index (χ4n) is 2.39. The quantitative estimate of drug-likeness (QED) is 0.600. The van der Waals surface area contributed by atoms with Gasteiger partial charge in [-0.1, -0.05) is 23.7 Å². The molecule has 4 nitrogen and oxygen atoms in total. The number of rotatable bonds is 7. The van der Waals surface area contributed by atoms with E-state index in [-0.39, 0.29) is 0 Å². The summed E-state index contributed by atoms with van der Waals surface area (Å²) in [4.78, 5) is 7.89. The Morgan fingerprint density at radius 3 is 2.79 bits per heavy atom. The van der Waals surface area contributed by atoms with Gasteiger partial charge in [0.25, 0.3) is 0 Å². The van der Waals surface area contributed by atoms with Crippen LogP contribution in [0.3, 0.4) is 0 Å². The molecule has 1 N–H and O–H groups in total. The van der Waals surface area contributed by atoms with E-state index in [0.717, 1.165) is 48.2 Å². The van der Waals surface area contributed by atoms with Crippen molar-refractivity contribution in [1.29, 1.82) is 0 Å². The van der Waals surface area contributed by atoms with E-state index < -0.39 is 0 Å². The summed E-state index contributed by atoms with van der Waals surface area (Å²) in [6.45, 7) is 1.71. The Labute approximate surface area is 153 Å². The van der Waals surface area contributed by atoms with E-state index in [9.17, 15) is 0 Å². The summed E-state index contributed by atoms with van der Waals surface area (Å²) in [6, 6.07) is 10.0. The molecule has 0 saturated heterocycles. The molecule has 0 aliphatic heterocycles. The first-order chi connectivity index (χ1) is 11.6. The van der Waals surface area contributed by atoms with Crippen LogP contribution in [0, 0.1) is 0 Å². The number of ether oxygens (including phenoxy) is 1. The molecule has 24 heavy (non-hydrogen) atoms. The smallest absolute Gasteiger partial charge is 0.193 e. The zero-order valence-electron chi connectivity index (χ0n) is 14.4. The average Bonchev–Trinajstić information content (AvgIpc) is 3.11. The predicted octanol–water partition coefficient (Wildman–Crippen LogP) is 3.70. The van der Waals surface area contributed by atoms with Crippen LogP contribution in [0.25, 0.3) is 0 Å². The number of likely N-dealkylation sites (N-methyl/N-ethyl adjacent to an activating group) is 1. The Kier molecular flexibility index (Phi) is 7.40. The second-order valence-electron chi connectivity index (χ2n) is 5.43. The molecule has 2 aromatic rings. The van der Waals surface area contributed by atoms with E-state index in [0.29, 0.717) is 0 Å². The number of hydrogen-bond acceptors (Lipinski definition) is 3. The van der Waals surface area contributed by atoms with Crippen LogP contribution in [0.1, 0.15) is 10.4 Å². The molecule has 0 aliphatic rings. The van der Waals surface area contributed by atoms with Crippen LogP contribution in [0.2, 0.25) is 5.02 Å². The van der Waals surface area contributed by atoms with Crippen molar-refractivity contribution in [2.75, 3.05) is 34.3 Å². The Morgan fingerprint density at radius 2 is 2.17 bits per heavy atom. The standard InChI is InChI=1S/C18H24ClN3OS/c1-20-18(22(2)11-9-16-5-4-12-24-16)21-10-8-14-6-7-15(23-3)13-17(14)19/h4-7,12-13H,8-11H2,1-3H3,(H,20,21). The highest BCUT2D eigenvalue weighted by atomic mass is 35.5. The molecule has 0 bridgehead atoms. The molecule has 1 aromatic heterocycles. The molecule has 1 aromatic carbocycles. The van der Waals surface area contributed by atoms with Crippen molar-refractivity contribution < 1.29 is 4.74 Å². The van der Waals surface area contributed by atoms with E-state index in [1.165, 1.54) is 4.88 Å². The Balaban J connectivity index is 1.80. The van der Waals surface area contributed by atoms with E-state index >= 15 is 0 Å². The number of nitrogens with zero attached hydrogens (tertiary/aromatic N) is 2. The van der Waals surface area contributed by atoms with Crippen molar-refractivity contribution in [3.8, 4) is 5.75 Å². The van der Waals surface area contributed by atoms with Gasteiger partial charge < -0.3 is 15.0 Å². The van der Waals surface area contributed by atoms with Gasteiger partial charge in [-0.15, -0.1) is 11.3 Å². The summed E-state index contributed by atoms with van der Waals surface area (Å²) in [5.74, 6) is 1.68. The third kappa shape index (κ3) is 5.42. The van der Waals surface area contributed by atoms with Gasteiger partial charge in [0.05, 0.1) is 7.11 Å². The maximum Gasteiger partial charge on any atom is 0.193 e. The van der Waals surface area contributed by atoms with E-state index in [1.807, 2.05) is 25.2 Å². The summed E-state index contributed by atoms with van der Waals surface area (Å²) in [7, 11) is 5.51. The van der Waals surface area contributed by atoms with Gasteiger partial charge in [-0.3, -0.25) is 4.99 Å². The van der Waals surface area contributed by atoms with Crippen molar-refractivity contribution in [2.45, 2.75) is 12.8 Å². The fourth-order valence-corrected chi connectivity index (χ4v) is 3.35. The van der Waals surface area contributed by atoms with Gasteiger partial charge in [0.15, 0.2) is 5.96 Å². The van der Waals surface area contributed by atoms with Crippen molar-refractivity contribution in [3.05, 3.63) is 51.2 Å². The first-order valence-electron chi connectivity index (χ1n) is 7.90. The largest absolute Gasteiger partial charge is 0.497 e. The van der Waals surface area contributed by atoms with Crippen LogP contribution in [-0.4, -0.2) is 45.2 Å². The Bertz CT molecular complexity index is 658. The molecule has 2 rings (SSSR count). The SMILES string of the molecule is CN=C(NCCc1ccc(OC)cc1Cl)N(C)CCc1cccs1. The molecule has 0 saturated carbocycles. The first-order valence-corrected chi connectivity index (χ1v) is 9.16. The lowest BCUT2D eigenvalue weighted by molar-refractivity contribution is 0.414. The summed E-state index contributed by atoms with van der Waals surface area (Å²) < 4.78 is 5.17. The predicted molar refractivity (Wildman–Crippen MR) is 104 cm³/mol. The van der Waals surface area contributed by atoms with Crippen LogP contribution >= 0.6 is 22.9 Å². The molecule has 0 spiro atoms. The maximum absolute atomic E-state index is 6.28. The highest BCUT2D eigenvalue weighted by molar-refractivity contribution is 7.09. The summed E-state index contributed by atoms with van der Waals surface area (Å²) >= 11 is 8.07. The summed E-state index contributed by atoms with van der Waals surface area (Å²) in [5, 5.41) is 6.24. The van der Waals surface area contributed by atoms with E-state index in [1.54, 1.807) is 18.4 Å². The van der Waals surface area contributed by atoms with Crippen molar-refractivity contribution in [3.63, 3.8) is 0 Å². The molecule has 0 radical (unpaired) electrons. The lowest BCUT2D eigenvalue weighted by atomic mass is 10.1. The highest BCUT2D eigenvalue weighted by Crippen LogP contribution is 2.22. The molecular formula is C18H24ClN3OS. The van der Waals surface area contributed by atoms with Gasteiger partial charge in [-0.05, 0) is 42.0 Å². The van der Waals surface area contributed by atoms with Gasteiger partial charge in [-0.25, -0.2) is 0 Å². The topological polar surface area (TPSA) is 36.9 Å². The number of guanidine groups is 1. The van der Waals surface area contributed by atoms with Crippen LogP contribution in [-0.2, 0) is 12.8 Å². The van der Waals surface area contributed by atoms with Gasteiger partial charge in [0.2, 0.25) is 0 Å². The zero-order chi connectivity index (χ0) is 17.4. The number of hydrogen-bond donors (Lipinski definition) is 1. The van der Waals surface area contributed by atoms with Crippen LogP contribution in [0.4, 0.5) is 0 Å². The number of methoxy groups -OCH3 is 1. The van der Waals surface area contributed by atoms with Crippen LogP contribution in [0.15, 0.2) is 40.7 Å². The Morgan fingerprint density at radius 1 is 1.33 bits per heavy atom. The van der Waals surface area contributed by atoms with Crippen molar-refractivity contribution in [2.24, 2.45) is 4.99 Å². The lowest BCUT2D eigenvalue weighted by Crippen LogP contribution is -2.40. The molecule has 0 unspecified atom stereocenters. The van der Waals surface area contributed by atoms with Crippen LogP contribution in [0.5, 0.6) is 5.75 Å². The van der Waals surface area contributed by atoms with Gasteiger partial charge in [-0.2, -0.15) is 0 Å². The molecule has 6 heteroatoms. The average molecular weight is 366 g/mol. The number of benzene rings is 1. The van der Waals surface area contributed by atoms with Crippen molar-refractivity contribution >= 4 is 28.9 Å². The summed E-state index contributed by atoms with van der Waals surface area (Å²) in [5.41, 5.74) is 1.10. The summed E-state index contributed by atoms with van der Waals surface area (Å²) in [6.07, 6.45) is 1.86. The van der Waals surface area contributed by atoms with Crippen molar-refractivity contribution in [1.82, 2.24) is 10.2 Å². The number of thiophene rings is 1. The number of nitrogens with one attached hydrogen (secondary N) is 1. The van der Waals surface area contributed by atoms with E-state index in [2.05, 4.69) is 39.8 Å². The molecular weight excluding hydrogens is 342 g/mol. The minimum Gasteiger partial charge on any atom is -0.497 e. The highest BCUT2D eigenvalue weighted by Gasteiger charge is 2.07. The molecule has 0 atom stereocenters. The monoisotopic (exact) mass is 365 g/mol. The molecule has 1 heterocycles. The minimum atomic E-state index is 0.734. The third-order valence-electron chi connectivity index (χ3n) is 3.78. The normalized spacial score (nSPS) is 11.4. The van der Waals surface area contributed by atoms with Crippen LogP contribution < -0.4 is 10.1 Å². The first kappa shape index (κ1) is 18.6. The number of halogens is 1. The number of aliphatic imine (C=N–C) groups is 1. The maximum atomic E-state index is 6.28. The molecule has 0 fully saturated rings. The van der Waals surface area contributed by atoms with E-state index in [4.69, 9.17) is 16.3 Å². The second kappa shape index (κ2) is 9.55. The minimum absolute atomic E-state index is 0.734. The van der Waals surface area contributed by atoms with Gasteiger partial charge >= 0.3 is 0 Å². The Hall–Kier alpha value is -1.72. The molecule has 0 amide bonds. The molecule has 130 valence electrons.